The zero-order valence-electron chi connectivity index (χ0n) is 9.17. The van der Waals surface area contributed by atoms with Crippen molar-refractivity contribution in [3.05, 3.63) is 29.6 Å². The molecule has 1 fully saturated rings. The molecule has 0 unspecified atom stereocenters. The lowest BCUT2D eigenvalue weighted by atomic mass is 10.1. The standard InChI is InChI=1S/C12H13ClFNO2/c13-6-12(3-4-12)7-15-11(17)9-2-1-8(14)5-10(9)16/h1-2,5,16H,3-4,6-7H2,(H,15,17). The third kappa shape index (κ3) is 2.69. The highest BCUT2D eigenvalue weighted by Gasteiger charge is 2.41. The Bertz CT molecular complexity index is 446. The highest BCUT2D eigenvalue weighted by molar-refractivity contribution is 6.18. The van der Waals surface area contributed by atoms with Crippen LogP contribution in [0, 0.1) is 11.2 Å². The van der Waals surface area contributed by atoms with Crippen LogP contribution in [0.3, 0.4) is 0 Å². The maximum Gasteiger partial charge on any atom is 0.255 e. The zero-order chi connectivity index (χ0) is 12.5. The highest BCUT2D eigenvalue weighted by atomic mass is 35.5. The number of rotatable bonds is 4. The molecule has 1 aliphatic rings. The van der Waals surface area contributed by atoms with Crippen molar-refractivity contribution < 1.29 is 14.3 Å². The Labute approximate surface area is 104 Å². The minimum absolute atomic E-state index is 0.0207. The van der Waals surface area contributed by atoms with E-state index >= 15 is 0 Å². The summed E-state index contributed by atoms with van der Waals surface area (Å²) in [6, 6.07) is 3.33. The summed E-state index contributed by atoms with van der Waals surface area (Å²) in [5.41, 5.74) is 0.101. The third-order valence-electron chi connectivity index (χ3n) is 3.07. The fraction of sp³-hybridized carbons (Fsp3) is 0.417. The highest BCUT2D eigenvalue weighted by Crippen LogP contribution is 2.45. The van der Waals surface area contributed by atoms with Crippen molar-refractivity contribution in [2.45, 2.75) is 12.8 Å². The van der Waals surface area contributed by atoms with Crippen molar-refractivity contribution in [1.82, 2.24) is 5.32 Å². The molecular weight excluding hydrogens is 245 g/mol. The molecule has 0 spiro atoms. The first-order valence-corrected chi connectivity index (χ1v) is 5.92. The van der Waals surface area contributed by atoms with E-state index < -0.39 is 11.7 Å². The van der Waals surface area contributed by atoms with Crippen LogP contribution in [0.4, 0.5) is 4.39 Å². The zero-order valence-corrected chi connectivity index (χ0v) is 9.93. The first kappa shape index (κ1) is 12.2. The first-order valence-electron chi connectivity index (χ1n) is 5.39. The number of benzene rings is 1. The fourth-order valence-corrected chi connectivity index (χ4v) is 1.96. The van der Waals surface area contributed by atoms with Gasteiger partial charge < -0.3 is 10.4 Å². The van der Waals surface area contributed by atoms with Crippen LogP contribution in [0.15, 0.2) is 18.2 Å². The van der Waals surface area contributed by atoms with Crippen molar-refractivity contribution in [1.29, 1.82) is 0 Å². The number of phenolic OH excluding ortho intramolecular Hbond substituents is 1. The third-order valence-corrected chi connectivity index (χ3v) is 3.64. The van der Waals surface area contributed by atoms with Gasteiger partial charge in [-0.2, -0.15) is 0 Å². The molecule has 1 amide bonds. The Morgan fingerprint density at radius 1 is 1.53 bits per heavy atom. The maximum absolute atomic E-state index is 12.7. The van der Waals surface area contributed by atoms with Gasteiger partial charge in [0.1, 0.15) is 11.6 Å². The van der Waals surface area contributed by atoms with Gasteiger partial charge in [0.25, 0.3) is 5.91 Å². The predicted octanol–water partition coefficient (Wildman–Crippen LogP) is 2.28. The summed E-state index contributed by atoms with van der Waals surface area (Å²) in [7, 11) is 0. The summed E-state index contributed by atoms with van der Waals surface area (Å²) in [6.07, 6.45) is 2.01. The van der Waals surface area contributed by atoms with E-state index in [9.17, 15) is 14.3 Å². The quantitative estimate of drug-likeness (QED) is 0.813. The Morgan fingerprint density at radius 3 is 2.76 bits per heavy atom. The number of halogens is 2. The van der Waals surface area contributed by atoms with E-state index in [1.165, 1.54) is 6.07 Å². The topological polar surface area (TPSA) is 49.3 Å². The molecule has 0 heterocycles. The molecule has 1 aliphatic carbocycles. The molecule has 1 saturated carbocycles. The summed E-state index contributed by atoms with van der Waals surface area (Å²) in [5, 5.41) is 12.1. The van der Waals surface area contributed by atoms with E-state index in [1.54, 1.807) is 0 Å². The molecule has 0 radical (unpaired) electrons. The van der Waals surface area contributed by atoms with Gasteiger partial charge in [0.05, 0.1) is 5.56 Å². The van der Waals surface area contributed by atoms with E-state index in [4.69, 9.17) is 11.6 Å². The Balaban J connectivity index is 2.00. The van der Waals surface area contributed by atoms with Gasteiger partial charge in [0.15, 0.2) is 0 Å². The normalized spacial score (nSPS) is 16.6. The summed E-state index contributed by atoms with van der Waals surface area (Å²) < 4.78 is 12.7. The van der Waals surface area contributed by atoms with Gasteiger partial charge in [-0.25, -0.2) is 4.39 Å². The number of aromatic hydroxyl groups is 1. The smallest absolute Gasteiger partial charge is 0.255 e. The van der Waals surface area contributed by atoms with Crippen LogP contribution in [0.2, 0.25) is 0 Å². The van der Waals surface area contributed by atoms with Crippen molar-refractivity contribution >= 4 is 17.5 Å². The molecule has 0 aromatic heterocycles. The maximum atomic E-state index is 12.7. The average Bonchev–Trinajstić information content (AvgIpc) is 3.07. The van der Waals surface area contributed by atoms with Gasteiger partial charge in [-0.15, -0.1) is 11.6 Å². The van der Waals surface area contributed by atoms with Gasteiger partial charge in [-0.05, 0) is 25.0 Å². The Hall–Kier alpha value is -1.29. The van der Waals surface area contributed by atoms with Gasteiger partial charge in [0.2, 0.25) is 0 Å². The predicted molar refractivity (Wildman–Crippen MR) is 62.8 cm³/mol. The molecule has 3 nitrogen and oxygen atoms in total. The lowest BCUT2D eigenvalue weighted by molar-refractivity contribution is 0.0943. The number of hydrogen-bond donors (Lipinski definition) is 2. The minimum atomic E-state index is -0.571. The van der Waals surface area contributed by atoms with Crippen LogP contribution in [0.25, 0.3) is 0 Å². The molecule has 0 bridgehead atoms. The van der Waals surface area contributed by atoms with Crippen LogP contribution < -0.4 is 5.32 Å². The molecule has 1 aromatic carbocycles. The van der Waals surface area contributed by atoms with Crippen molar-refractivity contribution in [2.75, 3.05) is 12.4 Å². The lowest BCUT2D eigenvalue weighted by Gasteiger charge is -2.12. The van der Waals surface area contributed by atoms with Crippen LogP contribution >= 0.6 is 11.6 Å². The minimum Gasteiger partial charge on any atom is -0.507 e. The van der Waals surface area contributed by atoms with E-state index in [0.717, 1.165) is 25.0 Å². The number of amides is 1. The van der Waals surface area contributed by atoms with Crippen molar-refractivity contribution in [3.8, 4) is 5.75 Å². The molecule has 92 valence electrons. The molecule has 5 heteroatoms. The van der Waals surface area contributed by atoms with E-state index in [2.05, 4.69) is 5.32 Å². The summed E-state index contributed by atoms with van der Waals surface area (Å²) >= 11 is 5.79. The second kappa shape index (κ2) is 4.53. The molecule has 1 aromatic rings. The van der Waals surface area contributed by atoms with E-state index in [0.29, 0.717) is 12.4 Å². The van der Waals surface area contributed by atoms with Crippen LogP contribution in [0.5, 0.6) is 5.75 Å². The van der Waals surface area contributed by atoms with Gasteiger partial charge in [0, 0.05) is 23.9 Å². The van der Waals surface area contributed by atoms with E-state index in [1.807, 2.05) is 0 Å². The SMILES string of the molecule is O=C(NCC1(CCl)CC1)c1ccc(F)cc1O. The lowest BCUT2D eigenvalue weighted by Crippen LogP contribution is -2.31. The number of hydrogen-bond acceptors (Lipinski definition) is 2. The van der Waals surface area contributed by atoms with Crippen molar-refractivity contribution in [3.63, 3.8) is 0 Å². The molecule has 0 saturated heterocycles. The van der Waals surface area contributed by atoms with Crippen LogP contribution in [-0.2, 0) is 0 Å². The van der Waals surface area contributed by atoms with Gasteiger partial charge in [-0.1, -0.05) is 0 Å². The molecule has 2 N–H and O–H groups in total. The van der Waals surface area contributed by atoms with Gasteiger partial charge >= 0.3 is 0 Å². The number of carbonyl (C=O) groups excluding carboxylic acids is 1. The summed E-state index contributed by atoms with van der Waals surface area (Å²) in [4.78, 5) is 11.7. The second-order valence-electron chi connectivity index (χ2n) is 4.48. The number of alkyl halides is 1. The number of nitrogens with one attached hydrogen (secondary N) is 1. The molecule has 0 atom stereocenters. The summed E-state index contributed by atoms with van der Waals surface area (Å²) in [5.74, 6) is -0.807. The number of carbonyl (C=O) groups is 1. The average molecular weight is 258 g/mol. The molecular formula is C12H13ClFNO2. The number of phenols is 1. The molecule has 0 aliphatic heterocycles. The largest absolute Gasteiger partial charge is 0.507 e. The Morgan fingerprint density at radius 2 is 2.24 bits per heavy atom. The monoisotopic (exact) mass is 257 g/mol. The van der Waals surface area contributed by atoms with Gasteiger partial charge in [-0.3, -0.25) is 4.79 Å². The molecule has 2 rings (SSSR count). The van der Waals surface area contributed by atoms with E-state index in [-0.39, 0.29) is 16.7 Å². The molecule has 17 heavy (non-hydrogen) atoms. The van der Waals surface area contributed by atoms with Crippen LogP contribution in [-0.4, -0.2) is 23.4 Å². The fourth-order valence-electron chi connectivity index (χ4n) is 1.59. The Kier molecular flexibility index (Phi) is 3.24. The first-order chi connectivity index (χ1) is 8.06. The second-order valence-corrected chi connectivity index (χ2v) is 4.75. The summed E-state index contributed by atoms with van der Waals surface area (Å²) in [6.45, 7) is 0.492. The van der Waals surface area contributed by atoms with Crippen molar-refractivity contribution in [2.24, 2.45) is 5.41 Å². The van der Waals surface area contributed by atoms with Crippen LogP contribution in [0.1, 0.15) is 23.2 Å².